The Hall–Kier alpha value is -3.14. The van der Waals surface area contributed by atoms with Crippen LogP contribution >= 0.6 is 0 Å². The molecule has 1 heterocycles. The highest BCUT2D eigenvalue weighted by Gasteiger charge is 2.49. The van der Waals surface area contributed by atoms with Gasteiger partial charge in [-0.1, -0.05) is 32.9 Å². The average molecular weight is 478 g/mol. The van der Waals surface area contributed by atoms with Crippen molar-refractivity contribution in [2.24, 2.45) is 4.99 Å². The number of aliphatic imine (C=N–C) groups is 1. The van der Waals surface area contributed by atoms with E-state index in [2.05, 4.69) is 14.2 Å². The number of alkyl halides is 3. The second-order valence-corrected chi connectivity index (χ2v) is 9.90. The molecule has 3 aromatic rings. The van der Waals surface area contributed by atoms with Crippen LogP contribution in [0.2, 0.25) is 0 Å². The lowest BCUT2D eigenvalue weighted by Crippen LogP contribution is -2.32. The smallest absolute Gasteiger partial charge is 0.376 e. The number of carbonyl (C=O) groups excluding carboxylic acids is 1. The summed E-state index contributed by atoms with van der Waals surface area (Å²) in [6.45, 7) is 5.27. The fourth-order valence-corrected chi connectivity index (χ4v) is 4.75. The maximum Gasteiger partial charge on any atom is 0.534 e. The predicted molar refractivity (Wildman–Crippen MR) is 119 cm³/mol. The van der Waals surface area contributed by atoms with E-state index in [0.29, 0.717) is 22.4 Å². The van der Waals surface area contributed by atoms with Gasteiger partial charge in [0.1, 0.15) is 5.75 Å². The van der Waals surface area contributed by atoms with Gasteiger partial charge in [0.2, 0.25) is 0 Å². The van der Waals surface area contributed by atoms with Crippen molar-refractivity contribution in [3.63, 3.8) is 0 Å². The lowest BCUT2D eigenvalue weighted by atomic mass is 9.70. The van der Waals surface area contributed by atoms with E-state index in [9.17, 15) is 26.4 Å². The molecule has 0 bridgehead atoms. The van der Waals surface area contributed by atoms with E-state index in [1.807, 2.05) is 32.0 Å². The Labute approximate surface area is 188 Å². The standard InChI is InChI=1S/C23H21F3N2O4S/c1-5-13-9-15-16(10-18(13)32-33(30,31)23(24,25)26)22(2,3)21-19(20(15)29)14-7-6-12(11-27-4)8-17(14)28-21/h6-11,28H,5H2,1-4H3/b27-11-. The van der Waals surface area contributed by atoms with Gasteiger partial charge in [-0.25, -0.2) is 0 Å². The number of halogens is 3. The number of hydrogen-bond donors (Lipinski definition) is 1. The highest BCUT2D eigenvalue weighted by atomic mass is 32.2. The van der Waals surface area contributed by atoms with Gasteiger partial charge in [0.05, 0.1) is 5.56 Å². The van der Waals surface area contributed by atoms with Crippen molar-refractivity contribution in [1.82, 2.24) is 4.98 Å². The van der Waals surface area contributed by atoms with Crippen LogP contribution in [0.4, 0.5) is 13.2 Å². The van der Waals surface area contributed by atoms with Gasteiger partial charge in [-0.15, -0.1) is 0 Å². The highest BCUT2D eigenvalue weighted by Crippen LogP contribution is 2.46. The largest absolute Gasteiger partial charge is 0.534 e. The summed E-state index contributed by atoms with van der Waals surface area (Å²) in [5.74, 6) is -0.724. The van der Waals surface area contributed by atoms with Crippen molar-refractivity contribution in [3.05, 3.63) is 63.8 Å². The number of benzene rings is 2. The number of aromatic amines is 1. The van der Waals surface area contributed by atoms with E-state index < -0.39 is 26.8 Å². The van der Waals surface area contributed by atoms with Crippen LogP contribution in [0.1, 0.15) is 59.1 Å². The van der Waals surface area contributed by atoms with Gasteiger partial charge in [0.25, 0.3) is 0 Å². The van der Waals surface area contributed by atoms with Crippen LogP contribution in [0.25, 0.3) is 10.9 Å². The maximum absolute atomic E-state index is 13.5. The van der Waals surface area contributed by atoms with Crippen molar-refractivity contribution in [2.45, 2.75) is 38.1 Å². The van der Waals surface area contributed by atoms with Gasteiger partial charge in [-0.2, -0.15) is 21.6 Å². The number of nitrogens with one attached hydrogen (secondary N) is 1. The normalized spacial score (nSPS) is 15.7. The second kappa shape index (κ2) is 7.44. The Morgan fingerprint density at radius 1 is 1.18 bits per heavy atom. The molecule has 0 fully saturated rings. The van der Waals surface area contributed by atoms with Crippen molar-refractivity contribution in [3.8, 4) is 5.75 Å². The molecule has 0 saturated heterocycles. The quantitative estimate of drug-likeness (QED) is 0.329. The predicted octanol–water partition coefficient (Wildman–Crippen LogP) is 4.88. The molecule has 4 rings (SSSR count). The zero-order valence-corrected chi connectivity index (χ0v) is 19.1. The molecule has 2 aromatic carbocycles. The molecule has 1 N–H and O–H groups in total. The molecular formula is C23H21F3N2O4S. The van der Waals surface area contributed by atoms with Gasteiger partial charge in [-0.05, 0) is 41.3 Å². The van der Waals surface area contributed by atoms with Crippen molar-refractivity contribution in [1.29, 1.82) is 0 Å². The third-order valence-electron chi connectivity index (χ3n) is 5.94. The van der Waals surface area contributed by atoms with E-state index in [4.69, 9.17) is 0 Å². The van der Waals surface area contributed by atoms with Gasteiger partial charge in [0.15, 0.2) is 5.78 Å². The second-order valence-electron chi connectivity index (χ2n) is 8.36. The summed E-state index contributed by atoms with van der Waals surface area (Å²) in [6, 6.07) is 8.19. The van der Waals surface area contributed by atoms with Crippen LogP contribution in [0.5, 0.6) is 5.75 Å². The number of aryl methyl sites for hydroxylation is 1. The lowest BCUT2D eigenvalue weighted by molar-refractivity contribution is -0.0500. The topological polar surface area (TPSA) is 88.6 Å². The minimum absolute atomic E-state index is 0.171. The molecule has 6 nitrogen and oxygen atoms in total. The lowest BCUT2D eigenvalue weighted by Gasteiger charge is -2.33. The molecule has 1 aliphatic carbocycles. The Morgan fingerprint density at radius 3 is 2.48 bits per heavy atom. The first-order valence-electron chi connectivity index (χ1n) is 10.1. The Morgan fingerprint density at radius 2 is 1.88 bits per heavy atom. The summed E-state index contributed by atoms with van der Waals surface area (Å²) in [6.07, 6.45) is 1.85. The number of nitrogens with zero attached hydrogens (tertiary/aromatic N) is 1. The van der Waals surface area contributed by atoms with E-state index in [0.717, 1.165) is 16.5 Å². The van der Waals surface area contributed by atoms with Crippen molar-refractivity contribution in [2.75, 3.05) is 7.05 Å². The summed E-state index contributed by atoms with van der Waals surface area (Å²) in [5, 5.41) is 0.722. The van der Waals surface area contributed by atoms with Crippen LogP contribution in [0, 0.1) is 0 Å². The number of rotatable bonds is 4. The van der Waals surface area contributed by atoms with Crippen molar-refractivity contribution >= 4 is 33.0 Å². The Kier molecular flexibility index (Phi) is 5.19. The minimum atomic E-state index is -5.86. The highest BCUT2D eigenvalue weighted by molar-refractivity contribution is 7.88. The fraction of sp³-hybridized carbons (Fsp3) is 0.304. The molecule has 0 unspecified atom stereocenters. The summed E-state index contributed by atoms with van der Waals surface area (Å²) in [4.78, 5) is 20.8. The molecule has 0 spiro atoms. The molecule has 0 radical (unpaired) electrons. The third kappa shape index (κ3) is 3.52. The Balaban J connectivity index is 1.93. The molecule has 0 atom stereocenters. The van der Waals surface area contributed by atoms with Crippen LogP contribution in [-0.4, -0.2) is 38.0 Å². The monoisotopic (exact) mass is 478 g/mol. The summed E-state index contributed by atoms with van der Waals surface area (Å²) in [5.41, 5.74) is -2.89. The first kappa shape index (κ1) is 23.0. The summed E-state index contributed by atoms with van der Waals surface area (Å²) >= 11 is 0. The zero-order valence-electron chi connectivity index (χ0n) is 18.3. The molecule has 0 amide bonds. The van der Waals surface area contributed by atoms with Gasteiger partial charge in [-0.3, -0.25) is 9.79 Å². The zero-order chi connectivity index (χ0) is 24.3. The molecule has 1 aromatic heterocycles. The molecule has 0 aliphatic heterocycles. The molecule has 10 heteroatoms. The van der Waals surface area contributed by atoms with Crippen LogP contribution < -0.4 is 4.18 Å². The third-order valence-corrected chi connectivity index (χ3v) is 6.90. The van der Waals surface area contributed by atoms with E-state index in [1.165, 1.54) is 12.1 Å². The van der Waals surface area contributed by atoms with Gasteiger partial charge in [0, 0.05) is 40.8 Å². The SMILES string of the molecule is CCc1cc2c(cc1OS(=O)(=O)C(F)(F)F)C(C)(C)c1[nH]c3cc(/C=N\C)ccc3c1C2=O. The summed E-state index contributed by atoms with van der Waals surface area (Å²) in [7, 11) is -4.21. The molecule has 0 saturated carbocycles. The average Bonchev–Trinajstić information content (AvgIpc) is 3.11. The van der Waals surface area contributed by atoms with Crippen LogP contribution in [0.3, 0.4) is 0 Å². The first-order valence-corrected chi connectivity index (χ1v) is 11.5. The number of hydrogen-bond acceptors (Lipinski definition) is 5. The number of fused-ring (bicyclic) bond motifs is 4. The van der Waals surface area contributed by atoms with Gasteiger partial charge >= 0.3 is 15.6 Å². The number of aromatic nitrogens is 1. The summed E-state index contributed by atoms with van der Waals surface area (Å²) < 4.78 is 66.6. The van der Waals surface area contributed by atoms with Crippen LogP contribution in [0.15, 0.2) is 35.3 Å². The molecule has 1 aliphatic rings. The van der Waals surface area contributed by atoms with E-state index in [-0.39, 0.29) is 17.8 Å². The fourth-order valence-electron chi connectivity index (χ4n) is 4.27. The first-order chi connectivity index (χ1) is 15.3. The van der Waals surface area contributed by atoms with Crippen LogP contribution in [-0.2, 0) is 22.0 Å². The minimum Gasteiger partial charge on any atom is -0.376 e. The van der Waals surface area contributed by atoms with Gasteiger partial charge < -0.3 is 9.17 Å². The molecular weight excluding hydrogens is 457 g/mol. The molecule has 174 valence electrons. The number of H-pyrrole nitrogens is 1. The van der Waals surface area contributed by atoms with E-state index in [1.54, 1.807) is 20.2 Å². The Bertz CT molecular complexity index is 1430. The van der Waals surface area contributed by atoms with Crippen molar-refractivity contribution < 1.29 is 30.6 Å². The number of ketones is 1. The molecule has 33 heavy (non-hydrogen) atoms. The maximum atomic E-state index is 13.5. The number of carbonyl (C=O) groups is 1. The van der Waals surface area contributed by atoms with E-state index >= 15 is 0 Å².